The monoisotopic (exact) mass is 246 g/mol. The molecule has 3 rings (SSSR count). The van der Waals surface area contributed by atoms with Gasteiger partial charge in [0.05, 0.1) is 7.11 Å². The van der Waals surface area contributed by atoms with Crippen LogP contribution in [0.25, 0.3) is 0 Å². The van der Waals surface area contributed by atoms with E-state index in [-0.39, 0.29) is 0 Å². The molecule has 0 radical (unpaired) electrons. The normalized spacial score (nSPS) is 24.7. The lowest BCUT2D eigenvalue weighted by Gasteiger charge is -2.31. The van der Waals surface area contributed by atoms with Crippen molar-refractivity contribution in [3.63, 3.8) is 0 Å². The van der Waals surface area contributed by atoms with E-state index in [0.717, 1.165) is 31.4 Å². The molecule has 0 bridgehead atoms. The SMILES string of the molecule is COc1ccc2c3c1CCC(CC(=O)O)C3CC2. The van der Waals surface area contributed by atoms with E-state index >= 15 is 0 Å². The summed E-state index contributed by atoms with van der Waals surface area (Å²) in [6.45, 7) is 0. The van der Waals surface area contributed by atoms with Gasteiger partial charge in [-0.25, -0.2) is 0 Å². The van der Waals surface area contributed by atoms with Gasteiger partial charge in [0, 0.05) is 6.42 Å². The zero-order valence-electron chi connectivity index (χ0n) is 10.6. The molecular formula is C15H18O3. The number of ether oxygens (including phenoxy) is 1. The fraction of sp³-hybridized carbons (Fsp3) is 0.533. The van der Waals surface area contributed by atoms with E-state index in [4.69, 9.17) is 9.84 Å². The minimum atomic E-state index is -0.667. The first-order valence-corrected chi connectivity index (χ1v) is 6.61. The molecule has 2 atom stereocenters. The van der Waals surface area contributed by atoms with Crippen LogP contribution in [0.15, 0.2) is 12.1 Å². The van der Waals surface area contributed by atoms with Crippen LogP contribution in [0.2, 0.25) is 0 Å². The van der Waals surface area contributed by atoms with Crippen LogP contribution < -0.4 is 4.74 Å². The van der Waals surface area contributed by atoms with Crippen molar-refractivity contribution in [1.82, 2.24) is 0 Å². The fourth-order valence-corrected chi connectivity index (χ4v) is 3.75. The van der Waals surface area contributed by atoms with Gasteiger partial charge in [0.2, 0.25) is 0 Å². The molecule has 0 heterocycles. The Kier molecular flexibility index (Phi) is 2.77. The molecule has 0 spiro atoms. The Bertz CT molecular complexity index is 493. The largest absolute Gasteiger partial charge is 0.496 e. The molecule has 0 aliphatic heterocycles. The van der Waals surface area contributed by atoms with E-state index in [1.165, 1.54) is 16.7 Å². The van der Waals surface area contributed by atoms with Gasteiger partial charge in [-0.2, -0.15) is 0 Å². The van der Waals surface area contributed by atoms with Gasteiger partial charge in [-0.1, -0.05) is 6.07 Å². The van der Waals surface area contributed by atoms with Crippen molar-refractivity contribution < 1.29 is 14.6 Å². The summed E-state index contributed by atoms with van der Waals surface area (Å²) in [5, 5.41) is 9.02. The van der Waals surface area contributed by atoms with Crippen LogP contribution in [0.5, 0.6) is 5.75 Å². The van der Waals surface area contributed by atoms with Crippen molar-refractivity contribution >= 4 is 5.97 Å². The highest BCUT2D eigenvalue weighted by molar-refractivity contribution is 5.67. The molecule has 1 aromatic carbocycles. The van der Waals surface area contributed by atoms with E-state index in [1.807, 2.05) is 0 Å². The molecule has 3 heteroatoms. The first-order chi connectivity index (χ1) is 8.70. The minimum absolute atomic E-state index is 0.306. The average molecular weight is 246 g/mol. The molecule has 0 aromatic heterocycles. The van der Waals surface area contributed by atoms with Gasteiger partial charge in [0.25, 0.3) is 0 Å². The number of carboxylic acids is 1. The smallest absolute Gasteiger partial charge is 0.303 e. The first kappa shape index (κ1) is 11.6. The second kappa shape index (κ2) is 4.30. The van der Waals surface area contributed by atoms with Crippen LogP contribution in [0.3, 0.4) is 0 Å². The number of carbonyl (C=O) groups is 1. The number of carboxylic acid groups (broad SMARTS) is 1. The lowest BCUT2D eigenvalue weighted by molar-refractivity contribution is -0.138. The number of rotatable bonds is 3. The molecule has 2 aliphatic rings. The van der Waals surface area contributed by atoms with E-state index in [0.29, 0.717) is 18.3 Å². The van der Waals surface area contributed by atoms with Crippen molar-refractivity contribution in [2.75, 3.05) is 7.11 Å². The van der Waals surface area contributed by atoms with E-state index in [9.17, 15) is 4.79 Å². The van der Waals surface area contributed by atoms with Crippen LogP contribution >= 0.6 is 0 Å². The highest BCUT2D eigenvalue weighted by Crippen LogP contribution is 2.49. The van der Waals surface area contributed by atoms with E-state index in [1.54, 1.807) is 7.11 Å². The Morgan fingerprint density at radius 2 is 2.22 bits per heavy atom. The van der Waals surface area contributed by atoms with Crippen molar-refractivity contribution in [3.05, 3.63) is 28.8 Å². The minimum Gasteiger partial charge on any atom is -0.496 e. The Morgan fingerprint density at radius 1 is 1.39 bits per heavy atom. The van der Waals surface area contributed by atoms with Crippen molar-refractivity contribution in [1.29, 1.82) is 0 Å². The Balaban J connectivity index is 2.00. The van der Waals surface area contributed by atoms with Crippen molar-refractivity contribution in [3.8, 4) is 5.75 Å². The summed E-state index contributed by atoms with van der Waals surface area (Å²) in [4.78, 5) is 11.0. The van der Waals surface area contributed by atoms with Crippen LogP contribution in [0.4, 0.5) is 0 Å². The summed E-state index contributed by atoms with van der Waals surface area (Å²) >= 11 is 0. The van der Waals surface area contributed by atoms with Gasteiger partial charge in [-0.3, -0.25) is 4.79 Å². The van der Waals surface area contributed by atoms with Gasteiger partial charge in [-0.05, 0) is 60.3 Å². The quantitative estimate of drug-likeness (QED) is 0.892. The summed E-state index contributed by atoms with van der Waals surface area (Å²) in [7, 11) is 1.71. The second-order valence-electron chi connectivity index (χ2n) is 5.36. The number of hydrogen-bond donors (Lipinski definition) is 1. The highest BCUT2D eigenvalue weighted by Gasteiger charge is 2.37. The third-order valence-corrected chi connectivity index (χ3v) is 4.49. The molecule has 0 saturated carbocycles. The molecule has 1 aromatic rings. The third kappa shape index (κ3) is 1.69. The zero-order chi connectivity index (χ0) is 12.7. The number of methoxy groups -OCH3 is 1. The standard InChI is InChI=1S/C15H18O3/c1-18-13-7-4-9-2-5-11-10(8-14(16)17)3-6-12(13)15(9)11/h4,7,10-11H,2-3,5-6,8H2,1H3,(H,16,17). The average Bonchev–Trinajstić information content (AvgIpc) is 2.78. The molecule has 3 nitrogen and oxygen atoms in total. The first-order valence-electron chi connectivity index (χ1n) is 6.61. The Hall–Kier alpha value is -1.51. The lowest BCUT2D eigenvalue weighted by Crippen LogP contribution is -2.21. The van der Waals surface area contributed by atoms with Gasteiger partial charge in [0.1, 0.15) is 5.75 Å². The highest BCUT2D eigenvalue weighted by atomic mass is 16.5. The number of aliphatic carboxylic acids is 1. The van der Waals surface area contributed by atoms with Gasteiger partial charge in [-0.15, -0.1) is 0 Å². The number of aryl methyl sites for hydroxylation is 1. The van der Waals surface area contributed by atoms with Gasteiger partial charge < -0.3 is 9.84 Å². The predicted molar refractivity (Wildman–Crippen MR) is 68.1 cm³/mol. The third-order valence-electron chi connectivity index (χ3n) is 4.49. The van der Waals surface area contributed by atoms with E-state index in [2.05, 4.69) is 12.1 Å². The van der Waals surface area contributed by atoms with Crippen LogP contribution in [0.1, 0.15) is 41.9 Å². The maximum absolute atomic E-state index is 11.0. The Labute approximate surface area is 107 Å². The molecule has 18 heavy (non-hydrogen) atoms. The summed E-state index contributed by atoms with van der Waals surface area (Å²) in [5.41, 5.74) is 4.15. The zero-order valence-corrected chi connectivity index (χ0v) is 10.6. The predicted octanol–water partition coefficient (Wildman–Crippen LogP) is 2.76. The number of hydrogen-bond acceptors (Lipinski definition) is 2. The second-order valence-corrected chi connectivity index (χ2v) is 5.36. The van der Waals surface area contributed by atoms with Crippen LogP contribution in [-0.4, -0.2) is 18.2 Å². The summed E-state index contributed by atoms with van der Waals surface area (Å²) in [6.07, 6.45) is 4.44. The number of benzene rings is 1. The van der Waals surface area contributed by atoms with E-state index < -0.39 is 5.97 Å². The summed E-state index contributed by atoms with van der Waals surface area (Å²) < 4.78 is 5.44. The Morgan fingerprint density at radius 3 is 2.94 bits per heavy atom. The van der Waals surface area contributed by atoms with Crippen LogP contribution in [0, 0.1) is 5.92 Å². The molecule has 1 N–H and O–H groups in total. The fourth-order valence-electron chi connectivity index (χ4n) is 3.75. The summed E-state index contributed by atoms with van der Waals surface area (Å²) in [6, 6.07) is 4.22. The molecule has 0 fully saturated rings. The van der Waals surface area contributed by atoms with Crippen molar-refractivity contribution in [2.24, 2.45) is 5.92 Å². The molecule has 2 unspecified atom stereocenters. The maximum atomic E-state index is 11.0. The van der Waals surface area contributed by atoms with Gasteiger partial charge in [0.15, 0.2) is 0 Å². The maximum Gasteiger partial charge on any atom is 0.303 e. The molecule has 96 valence electrons. The molecule has 2 aliphatic carbocycles. The molecule has 0 amide bonds. The summed E-state index contributed by atoms with van der Waals surface area (Å²) in [5.74, 6) is 1.06. The van der Waals surface area contributed by atoms with Crippen LogP contribution in [-0.2, 0) is 17.6 Å². The molecular weight excluding hydrogens is 228 g/mol. The molecule has 0 saturated heterocycles. The van der Waals surface area contributed by atoms with Crippen molar-refractivity contribution in [2.45, 2.75) is 38.0 Å². The van der Waals surface area contributed by atoms with Gasteiger partial charge >= 0.3 is 5.97 Å². The topological polar surface area (TPSA) is 46.5 Å². The lowest BCUT2D eigenvalue weighted by atomic mass is 9.74.